The van der Waals surface area contributed by atoms with E-state index in [1.54, 1.807) is 12.5 Å². The molecular formula is C16H22N4. The van der Waals surface area contributed by atoms with Gasteiger partial charge in [0.1, 0.15) is 12.2 Å². The zero-order valence-electron chi connectivity index (χ0n) is 12.9. The molecule has 0 unspecified atom stereocenters. The summed E-state index contributed by atoms with van der Waals surface area (Å²) in [7, 11) is 0. The quantitative estimate of drug-likeness (QED) is 0.860. The Bertz CT molecular complexity index is 553. The summed E-state index contributed by atoms with van der Waals surface area (Å²) in [5.74, 6) is 0.849. The van der Waals surface area contributed by atoms with Crippen LogP contribution >= 0.6 is 0 Å². The number of hydrogen-bond acceptors (Lipinski definition) is 4. The predicted molar refractivity (Wildman–Crippen MR) is 79.5 cm³/mol. The van der Waals surface area contributed by atoms with Gasteiger partial charge in [0.15, 0.2) is 0 Å². The van der Waals surface area contributed by atoms with Crippen molar-refractivity contribution in [2.75, 3.05) is 0 Å². The first-order chi connectivity index (χ1) is 9.29. The summed E-state index contributed by atoms with van der Waals surface area (Å²) in [4.78, 5) is 17.3. The van der Waals surface area contributed by atoms with E-state index >= 15 is 0 Å². The predicted octanol–water partition coefficient (Wildman–Crippen LogP) is 3.08. The Hall–Kier alpha value is -1.84. The van der Waals surface area contributed by atoms with E-state index in [2.05, 4.69) is 54.6 Å². The van der Waals surface area contributed by atoms with Crippen LogP contribution < -0.4 is 0 Å². The second kappa shape index (κ2) is 5.27. The van der Waals surface area contributed by atoms with Crippen LogP contribution in [0.25, 0.3) is 0 Å². The molecule has 0 saturated heterocycles. The SMILES string of the molecule is CC(C)(C)c1cnc(CC(C)(C)c2ccncn2)nc1. The van der Waals surface area contributed by atoms with Crippen molar-refractivity contribution in [2.24, 2.45) is 0 Å². The fraction of sp³-hybridized carbons (Fsp3) is 0.500. The Morgan fingerprint density at radius 1 is 0.950 bits per heavy atom. The number of aromatic nitrogens is 4. The molecular weight excluding hydrogens is 248 g/mol. The fourth-order valence-electron chi connectivity index (χ4n) is 2.01. The van der Waals surface area contributed by atoms with Gasteiger partial charge in [-0.3, -0.25) is 0 Å². The van der Waals surface area contributed by atoms with Gasteiger partial charge in [0.25, 0.3) is 0 Å². The van der Waals surface area contributed by atoms with Crippen LogP contribution in [0.4, 0.5) is 0 Å². The third kappa shape index (κ3) is 3.38. The molecule has 4 heteroatoms. The molecule has 0 amide bonds. The maximum atomic E-state index is 4.50. The molecule has 0 radical (unpaired) electrons. The minimum atomic E-state index is -0.105. The highest BCUT2D eigenvalue weighted by Crippen LogP contribution is 2.25. The van der Waals surface area contributed by atoms with Gasteiger partial charge < -0.3 is 0 Å². The molecule has 2 aromatic rings. The third-order valence-electron chi connectivity index (χ3n) is 3.45. The van der Waals surface area contributed by atoms with Crippen LogP contribution in [-0.2, 0) is 17.3 Å². The summed E-state index contributed by atoms with van der Waals surface area (Å²) in [6.45, 7) is 10.8. The highest BCUT2D eigenvalue weighted by atomic mass is 14.9. The van der Waals surface area contributed by atoms with Gasteiger partial charge in [-0.1, -0.05) is 34.6 Å². The minimum Gasteiger partial charge on any atom is -0.245 e. The maximum absolute atomic E-state index is 4.50. The molecule has 2 aromatic heterocycles. The van der Waals surface area contributed by atoms with Crippen LogP contribution in [-0.4, -0.2) is 19.9 Å². The van der Waals surface area contributed by atoms with Gasteiger partial charge >= 0.3 is 0 Å². The van der Waals surface area contributed by atoms with Gasteiger partial charge in [-0.05, 0) is 17.0 Å². The first-order valence-corrected chi connectivity index (χ1v) is 6.87. The molecule has 0 aliphatic heterocycles. The van der Waals surface area contributed by atoms with E-state index in [1.165, 1.54) is 0 Å². The molecule has 2 rings (SSSR count). The molecule has 20 heavy (non-hydrogen) atoms. The fourth-order valence-corrected chi connectivity index (χ4v) is 2.01. The molecule has 106 valence electrons. The molecule has 0 fully saturated rings. The molecule has 4 nitrogen and oxygen atoms in total. The normalized spacial score (nSPS) is 12.4. The molecule has 0 aliphatic rings. The topological polar surface area (TPSA) is 51.6 Å². The second-order valence-electron chi connectivity index (χ2n) is 6.79. The van der Waals surface area contributed by atoms with E-state index in [1.807, 2.05) is 18.5 Å². The molecule has 0 N–H and O–H groups in total. The van der Waals surface area contributed by atoms with Gasteiger partial charge in [0.2, 0.25) is 0 Å². The standard InChI is InChI=1S/C16H22N4/c1-15(2,3)12-9-18-14(19-10-12)8-16(4,5)13-6-7-17-11-20-13/h6-7,9-11H,8H2,1-5H3. The summed E-state index contributed by atoms with van der Waals surface area (Å²) in [6.07, 6.45) is 7.97. The van der Waals surface area contributed by atoms with Gasteiger partial charge in [-0.15, -0.1) is 0 Å². The number of rotatable bonds is 3. The maximum Gasteiger partial charge on any atom is 0.129 e. The Labute approximate surface area is 120 Å². The van der Waals surface area contributed by atoms with Crippen LogP contribution in [0.15, 0.2) is 31.0 Å². The third-order valence-corrected chi connectivity index (χ3v) is 3.45. The van der Waals surface area contributed by atoms with Crippen LogP contribution in [0.5, 0.6) is 0 Å². The average Bonchev–Trinajstić information content (AvgIpc) is 2.39. The molecule has 0 spiro atoms. The van der Waals surface area contributed by atoms with Crippen molar-refractivity contribution in [1.29, 1.82) is 0 Å². The van der Waals surface area contributed by atoms with Crippen molar-refractivity contribution in [2.45, 2.75) is 51.9 Å². The van der Waals surface area contributed by atoms with E-state index in [-0.39, 0.29) is 10.8 Å². The molecule has 0 atom stereocenters. The summed E-state index contributed by atoms with van der Waals surface area (Å²) in [5.41, 5.74) is 2.14. The summed E-state index contributed by atoms with van der Waals surface area (Å²) >= 11 is 0. The van der Waals surface area contributed by atoms with Crippen molar-refractivity contribution in [1.82, 2.24) is 19.9 Å². The lowest BCUT2D eigenvalue weighted by molar-refractivity contribution is 0.488. The second-order valence-corrected chi connectivity index (χ2v) is 6.79. The number of nitrogens with zero attached hydrogens (tertiary/aromatic N) is 4. The van der Waals surface area contributed by atoms with Crippen LogP contribution in [0.1, 0.15) is 51.7 Å². The van der Waals surface area contributed by atoms with Crippen LogP contribution in [0.3, 0.4) is 0 Å². The van der Waals surface area contributed by atoms with Gasteiger partial charge in [-0.25, -0.2) is 19.9 Å². The zero-order valence-corrected chi connectivity index (χ0v) is 12.9. The summed E-state index contributed by atoms with van der Waals surface area (Å²) < 4.78 is 0. The number of hydrogen-bond donors (Lipinski definition) is 0. The Balaban J connectivity index is 2.18. The van der Waals surface area contributed by atoms with Crippen molar-refractivity contribution in [3.63, 3.8) is 0 Å². The minimum absolute atomic E-state index is 0.0840. The highest BCUT2D eigenvalue weighted by Gasteiger charge is 2.24. The smallest absolute Gasteiger partial charge is 0.129 e. The van der Waals surface area contributed by atoms with Crippen LogP contribution in [0, 0.1) is 0 Å². The lowest BCUT2D eigenvalue weighted by atomic mass is 9.85. The first kappa shape index (κ1) is 14.6. The van der Waals surface area contributed by atoms with Crippen LogP contribution in [0.2, 0.25) is 0 Å². The van der Waals surface area contributed by atoms with E-state index < -0.39 is 0 Å². The highest BCUT2D eigenvalue weighted by molar-refractivity contribution is 5.18. The van der Waals surface area contributed by atoms with Gasteiger partial charge in [0.05, 0.1) is 0 Å². The zero-order chi connectivity index (χ0) is 14.8. The van der Waals surface area contributed by atoms with Crippen molar-refractivity contribution >= 4 is 0 Å². The molecule has 0 aliphatic carbocycles. The first-order valence-electron chi connectivity index (χ1n) is 6.87. The monoisotopic (exact) mass is 270 g/mol. The van der Waals surface area contributed by atoms with Crippen molar-refractivity contribution in [3.05, 3.63) is 48.1 Å². The van der Waals surface area contributed by atoms with E-state index in [4.69, 9.17) is 0 Å². The lowest BCUT2D eigenvalue weighted by Crippen LogP contribution is -2.23. The van der Waals surface area contributed by atoms with Gasteiger partial charge in [-0.2, -0.15) is 0 Å². The lowest BCUT2D eigenvalue weighted by Gasteiger charge is -2.23. The Kier molecular flexibility index (Phi) is 3.84. The molecule has 0 saturated carbocycles. The molecule has 0 aromatic carbocycles. The molecule has 0 bridgehead atoms. The van der Waals surface area contributed by atoms with E-state index in [0.29, 0.717) is 0 Å². The van der Waals surface area contributed by atoms with Gasteiger partial charge in [0, 0.05) is 36.1 Å². The largest absolute Gasteiger partial charge is 0.245 e. The van der Waals surface area contributed by atoms with Crippen molar-refractivity contribution < 1.29 is 0 Å². The van der Waals surface area contributed by atoms with Crippen molar-refractivity contribution in [3.8, 4) is 0 Å². The Morgan fingerprint density at radius 3 is 2.10 bits per heavy atom. The Morgan fingerprint density at radius 2 is 1.60 bits per heavy atom. The summed E-state index contributed by atoms with van der Waals surface area (Å²) in [5, 5.41) is 0. The van der Waals surface area contributed by atoms with E-state index in [0.717, 1.165) is 23.5 Å². The van der Waals surface area contributed by atoms with E-state index in [9.17, 15) is 0 Å². The average molecular weight is 270 g/mol. The molecule has 2 heterocycles. The summed E-state index contributed by atoms with van der Waals surface area (Å²) in [6, 6.07) is 1.95.